The van der Waals surface area contributed by atoms with Crippen LogP contribution in [-0.2, 0) is 6.18 Å². The number of nitrogens with zero attached hydrogens (tertiary/aromatic N) is 1. The van der Waals surface area contributed by atoms with Crippen LogP contribution in [0.2, 0.25) is 5.02 Å². The number of nitrogens with one attached hydrogen (secondary N) is 1. The number of benzene rings is 1. The van der Waals surface area contributed by atoms with E-state index in [4.69, 9.17) is 11.6 Å². The van der Waals surface area contributed by atoms with E-state index in [1.807, 2.05) is 0 Å². The fourth-order valence-electron chi connectivity index (χ4n) is 2.19. The molecule has 0 aliphatic heterocycles. The number of halogens is 4. The van der Waals surface area contributed by atoms with Crippen LogP contribution in [0.25, 0.3) is 22.2 Å². The minimum atomic E-state index is -4.42. The van der Waals surface area contributed by atoms with Crippen molar-refractivity contribution >= 4 is 22.6 Å². The number of fused-ring (bicyclic) bond motifs is 1. The van der Waals surface area contributed by atoms with Gasteiger partial charge in [-0.3, -0.25) is 0 Å². The summed E-state index contributed by atoms with van der Waals surface area (Å²) in [6.45, 7) is 0. The lowest BCUT2D eigenvalue weighted by Gasteiger charge is -2.12. The lowest BCUT2D eigenvalue weighted by Crippen LogP contribution is -2.06. The summed E-state index contributed by atoms with van der Waals surface area (Å²) < 4.78 is 39.2. The van der Waals surface area contributed by atoms with E-state index in [0.29, 0.717) is 21.6 Å². The van der Waals surface area contributed by atoms with Gasteiger partial charge in [0.15, 0.2) is 0 Å². The number of hydrogen-bond donors (Lipinski definition) is 1. The Morgan fingerprint density at radius 3 is 2.55 bits per heavy atom. The zero-order chi connectivity index (χ0) is 14.3. The van der Waals surface area contributed by atoms with Gasteiger partial charge >= 0.3 is 6.18 Å². The van der Waals surface area contributed by atoms with Gasteiger partial charge in [0, 0.05) is 23.3 Å². The van der Waals surface area contributed by atoms with Crippen molar-refractivity contribution in [3.8, 4) is 11.1 Å². The SMILES string of the molecule is FC(F)(F)c1ccccc1-c1c[nH]c2nccc(Cl)c12. The molecule has 2 nitrogen and oxygen atoms in total. The van der Waals surface area contributed by atoms with E-state index in [1.54, 1.807) is 12.1 Å². The van der Waals surface area contributed by atoms with Crippen LogP contribution in [0.15, 0.2) is 42.7 Å². The van der Waals surface area contributed by atoms with Crippen LogP contribution in [0.5, 0.6) is 0 Å². The molecule has 2 heterocycles. The van der Waals surface area contributed by atoms with Gasteiger partial charge in [0.1, 0.15) is 5.65 Å². The third-order valence-corrected chi connectivity index (χ3v) is 3.36. The first kappa shape index (κ1) is 13.0. The third kappa shape index (κ3) is 2.04. The molecule has 0 amide bonds. The predicted molar refractivity (Wildman–Crippen MR) is 71.5 cm³/mol. The van der Waals surface area contributed by atoms with Crippen molar-refractivity contribution < 1.29 is 13.2 Å². The minimum absolute atomic E-state index is 0.0844. The highest BCUT2D eigenvalue weighted by atomic mass is 35.5. The van der Waals surface area contributed by atoms with E-state index in [9.17, 15) is 13.2 Å². The molecule has 2 aromatic heterocycles. The van der Waals surface area contributed by atoms with Gasteiger partial charge in [-0.15, -0.1) is 0 Å². The fourth-order valence-corrected chi connectivity index (χ4v) is 2.44. The number of H-pyrrole nitrogens is 1. The molecular weight excluding hydrogens is 289 g/mol. The van der Waals surface area contributed by atoms with E-state index >= 15 is 0 Å². The van der Waals surface area contributed by atoms with Crippen molar-refractivity contribution in [3.63, 3.8) is 0 Å². The number of rotatable bonds is 1. The Labute approximate surface area is 117 Å². The molecule has 20 heavy (non-hydrogen) atoms. The van der Waals surface area contributed by atoms with E-state index in [2.05, 4.69) is 9.97 Å². The van der Waals surface area contributed by atoms with Crippen LogP contribution >= 0.6 is 11.6 Å². The summed E-state index contributed by atoms with van der Waals surface area (Å²) in [4.78, 5) is 6.90. The molecule has 0 saturated heterocycles. The molecule has 0 aliphatic rings. The summed E-state index contributed by atoms with van der Waals surface area (Å²) in [7, 11) is 0. The number of aromatic amines is 1. The van der Waals surface area contributed by atoms with Crippen LogP contribution < -0.4 is 0 Å². The summed E-state index contributed by atoms with van der Waals surface area (Å²) in [6, 6.07) is 6.96. The normalized spacial score (nSPS) is 12.0. The Kier molecular flexibility index (Phi) is 2.94. The maximum atomic E-state index is 13.1. The molecule has 0 spiro atoms. The van der Waals surface area contributed by atoms with E-state index in [1.165, 1.54) is 24.5 Å². The summed E-state index contributed by atoms with van der Waals surface area (Å²) in [5.74, 6) is 0. The molecule has 0 atom stereocenters. The molecule has 3 aromatic rings. The molecule has 1 N–H and O–H groups in total. The van der Waals surface area contributed by atoms with Gasteiger partial charge in [0.2, 0.25) is 0 Å². The lowest BCUT2D eigenvalue weighted by molar-refractivity contribution is -0.137. The molecule has 1 aromatic carbocycles. The molecule has 0 bridgehead atoms. The Morgan fingerprint density at radius 2 is 1.80 bits per heavy atom. The molecule has 0 radical (unpaired) electrons. The Hall–Kier alpha value is -2.01. The zero-order valence-corrected chi connectivity index (χ0v) is 10.8. The maximum Gasteiger partial charge on any atom is 0.417 e. The van der Waals surface area contributed by atoms with Gasteiger partial charge in [-0.2, -0.15) is 13.2 Å². The monoisotopic (exact) mass is 296 g/mol. The van der Waals surface area contributed by atoms with Gasteiger partial charge in [-0.1, -0.05) is 29.8 Å². The number of alkyl halides is 3. The predicted octanol–water partition coefficient (Wildman–Crippen LogP) is 4.90. The second-order valence-corrected chi connectivity index (χ2v) is 4.67. The lowest BCUT2D eigenvalue weighted by atomic mass is 9.99. The fraction of sp³-hybridized carbons (Fsp3) is 0.0714. The highest BCUT2D eigenvalue weighted by molar-refractivity contribution is 6.36. The smallest absolute Gasteiger partial charge is 0.345 e. The maximum absolute atomic E-state index is 13.1. The molecular formula is C14H8ClF3N2. The van der Waals surface area contributed by atoms with Crippen molar-refractivity contribution in [2.45, 2.75) is 6.18 Å². The van der Waals surface area contributed by atoms with Gasteiger partial charge in [-0.25, -0.2) is 4.98 Å². The van der Waals surface area contributed by atoms with E-state index in [-0.39, 0.29) is 5.56 Å². The molecule has 102 valence electrons. The van der Waals surface area contributed by atoms with Crippen molar-refractivity contribution in [2.75, 3.05) is 0 Å². The molecule has 0 saturated carbocycles. The Bertz CT molecular complexity index is 777. The van der Waals surface area contributed by atoms with Gasteiger partial charge in [0.05, 0.1) is 10.6 Å². The van der Waals surface area contributed by atoms with Gasteiger partial charge in [-0.05, 0) is 17.7 Å². The van der Waals surface area contributed by atoms with Crippen molar-refractivity contribution in [1.29, 1.82) is 0 Å². The standard InChI is InChI=1S/C14H8ClF3N2/c15-11-5-6-19-13-12(11)9(7-20-13)8-3-1-2-4-10(8)14(16,17)18/h1-7H,(H,19,20). The molecule has 6 heteroatoms. The summed E-state index contributed by atoms with van der Waals surface area (Å²) >= 11 is 6.08. The van der Waals surface area contributed by atoms with Crippen LogP contribution in [0.1, 0.15) is 5.56 Å². The number of pyridine rings is 1. The van der Waals surface area contributed by atoms with Crippen LogP contribution in [0.3, 0.4) is 0 Å². The highest BCUT2D eigenvalue weighted by Crippen LogP contribution is 2.40. The summed E-state index contributed by atoms with van der Waals surface area (Å²) in [5, 5.41) is 0.856. The van der Waals surface area contributed by atoms with E-state index in [0.717, 1.165) is 6.07 Å². The van der Waals surface area contributed by atoms with Gasteiger partial charge < -0.3 is 4.98 Å². The first-order valence-corrected chi connectivity index (χ1v) is 6.14. The first-order chi connectivity index (χ1) is 9.48. The Balaban J connectivity index is 2.33. The second kappa shape index (κ2) is 4.52. The van der Waals surface area contributed by atoms with Crippen molar-refractivity contribution in [3.05, 3.63) is 53.3 Å². The Morgan fingerprint density at radius 1 is 1.05 bits per heavy atom. The number of aromatic nitrogens is 2. The summed E-state index contributed by atoms with van der Waals surface area (Å²) in [6.07, 6.45) is -1.43. The molecule has 0 aliphatic carbocycles. The largest absolute Gasteiger partial charge is 0.417 e. The molecule has 0 fully saturated rings. The average Bonchev–Trinajstić information content (AvgIpc) is 2.83. The van der Waals surface area contributed by atoms with Gasteiger partial charge in [0.25, 0.3) is 0 Å². The van der Waals surface area contributed by atoms with Crippen molar-refractivity contribution in [2.24, 2.45) is 0 Å². The number of hydrogen-bond acceptors (Lipinski definition) is 1. The average molecular weight is 297 g/mol. The second-order valence-electron chi connectivity index (χ2n) is 4.26. The quantitative estimate of drug-likeness (QED) is 0.679. The van der Waals surface area contributed by atoms with Crippen LogP contribution in [0.4, 0.5) is 13.2 Å². The van der Waals surface area contributed by atoms with Crippen LogP contribution in [0, 0.1) is 0 Å². The third-order valence-electron chi connectivity index (χ3n) is 3.05. The summed E-state index contributed by atoms with van der Waals surface area (Å²) in [5.41, 5.74) is 0.248. The topological polar surface area (TPSA) is 28.7 Å². The molecule has 3 rings (SSSR count). The van der Waals surface area contributed by atoms with Crippen LogP contribution in [-0.4, -0.2) is 9.97 Å². The molecule has 0 unspecified atom stereocenters. The zero-order valence-electron chi connectivity index (χ0n) is 10.0. The van der Waals surface area contributed by atoms with Crippen molar-refractivity contribution in [1.82, 2.24) is 9.97 Å². The first-order valence-electron chi connectivity index (χ1n) is 5.76. The highest BCUT2D eigenvalue weighted by Gasteiger charge is 2.33. The van der Waals surface area contributed by atoms with E-state index < -0.39 is 11.7 Å². The minimum Gasteiger partial charge on any atom is -0.345 e.